The van der Waals surface area contributed by atoms with Crippen molar-refractivity contribution in [3.63, 3.8) is 0 Å². The van der Waals surface area contributed by atoms with Gasteiger partial charge >= 0.3 is 7.60 Å². The van der Waals surface area contributed by atoms with Crippen molar-refractivity contribution in [3.05, 3.63) is 29.8 Å². The largest absolute Gasteiger partial charge is 0.390 e. The summed E-state index contributed by atoms with van der Waals surface area (Å²) < 4.78 is 68.1. The highest BCUT2D eigenvalue weighted by Gasteiger charge is 2.52. The maximum absolute atomic E-state index is 13.1. The Bertz CT molecular complexity index is 954. The summed E-state index contributed by atoms with van der Waals surface area (Å²) in [6.45, 7) is 15.9. The molecule has 1 aromatic rings. The molecule has 0 aliphatic carbocycles. The quantitative estimate of drug-likeness (QED) is 0.248. The molecule has 1 heterocycles. The molecule has 1 fully saturated rings. The van der Waals surface area contributed by atoms with Crippen molar-refractivity contribution in [1.29, 1.82) is 0 Å². The topological polar surface area (TPSA) is 123 Å². The van der Waals surface area contributed by atoms with E-state index in [1.807, 2.05) is 20.0 Å². The first kappa shape index (κ1) is 29.6. The van der Waals surface area contributed by atoms with Crippen LogP contribution in [0.1, 0.15) is 40.2 Å². The monoisotopic (exact) mass is 537 g/mol. The van der Waals surface area contributed by atoms with Gasteiger partial charge in [-0.2, -0.15) is 8.42 Å². The van der Waals surface area contributed by atoms with E-state index in [2.05, 4.69) is 20.8 Å². The Morgan fingerprint density at radius 3 is 2.09 bits per heavy atom. The van der Waals surface area contributed by atoms with Crippen LogP contribution in [0.25, 0.3) is 0 Å². The van der Waals surface area contributed by atoms with Gasteiger partial charge in [-0.3, -0.25) is 8.75 Å². The van der Waals surface area contributed by atoms with Crippen LogP contribution < -0.4 is 5.73 Å². The third kappa shape index (κ3) is 7.21. The number of nitrogens with two attached hydrogens (primary N) is 1. The number of rotatable bonds is 11. The molecule has 9 nitrogen and oxygen atoms in total. The Kier molecular flexibility index (Phi) is 9.74. The van der Waals surface area contributed by atoms with Crippen LogP contribution in [0.4, 0.5) is 0 Å². The average molecular weight is 538 g/mol. The molecule has 2 N–H and O–H groups in total. The lowest BCUT2D eigenvalue weighted by atomic mass is 10.1. The van der Waals surface area contributed by atoms with E-state index < -0.39 is 50.6 Å². The molecule has 1 aliphatic rings. The fourth-order valence-corrected chi connectivity index (χ4v) is 7.29. The first-order valence-electron chi connectivity index (χ1n) is 11.5. The van der Waals surface area contributed by atoms with Crippen molar-refractivity contribution >= 4 is 26.0 Å². The van der Waals surface area contributed by atoms with Crippen LogP contribution in [0.3, 0.4) is 0 Å². The molecule has 0 aromatic heterocycles. The van der Waals surface area contributed by atoms with E-state index in [0.29, 0.717) is 0 Å². The molecule has 1 saturated heterocycles. The summed E-state index contributed by atoms with van der Waals surface area (Å²) in [6.07, 6.45) is -3.19. The summed E-state index contributed by atoms with van der Waals surface area (Å²) in [4.78, 5) is 0.00845. The van der Waals surface area contributed by atoms with Crippen LogP contribution in [0, 0.1) is 6.92 Å². The van der Waals surface area contributed by atoms with Crippen molar-refractivity contribution in [2.75, 3.05) is 19.4 Å². The Labute approximate surface area is 205 Å². The highest BCUT2D eigenvalue weighted by molar-refractivity contribution is 7.86. The normalized spacial score (nSPS) is 24.5. The summed E-state index contributed by atoms with van der Waals surface area (Å²) in [5, 5.41) is -0.176. The standard InChI is InChI=1S/C22H40NO8PSSi/c1-9-27-32(24,28-10-2)15-18-19(23)20(21(29-18)31-34(7,8)22(4,5)6)30-33(25,26)17-13-11-16(3)12-14-17/h11-14,18-21H,9-10,15,23H2,1-8H3/t18-,19-,20+,21-/m1/s1. The van der Waals surface area contributed by atoms with Gasteiger partial charge in [-0.25, -0.2) is 0 Å². The van der Waals surface area contributed by atoms with Crippen molar-refractivity contribution < 1.29 is 35.4 Å². The van der Waals surface area contributed by atoms with Gasteiger partial charge in [0.15, 0.2) is 14.6 Å². The molecular weight excluding hydrogens is 497 g/mol. The van der Waals surface area contributed by atoms with Gasteiger partial charge in [0.1, 0.15) is 6.10 Å². The van der Waals surface area contributed by atoms with E-state index in [1.165, 1.54) is 12.1 Å². The number of aryl methyl sites for hydroxylation is 1. The molecule has 0 spiro atoms. The third-order valence-electron chi connectivity index (χ3n) is 6.21. The van der Waals surface area contributed by atoms with Gasteiger partial charge in [-0.1, -0.05) is 38.5 Å². The molecule has 2 rings (SSSR count). The molecule has 0 bridgehead atoms. The summed E-state index contributed by atoms with van der Waals surface area (Å²) in [6, 6.07) is 5.39. The van der Waals surface area contributed by atoms with E-state index in [0.717, 1.165) is 5.56 Å². The molecule has 12 heteroatoms. The average Bonchev–Trinajstić information content (AvgIpc) is 2.95. The molecule has 1 aromatic carbocycles. The van der Waals surface area contributed by atoms with Crippen molar-refractivity contribution in [1.82, 2.24) is 0 Å². The smallest absolute Gasteiger partial charge is 0.333 e. The number of benzene rings is 1. The van der Waals surface area contributed by atoms with Crippen LogP contribution in [-0.4, -0.2) is 60.7 Å². The minimum atomic E-state index is -4.16. The molecule has 0 amide bonds. The Morgan fingerprint density at radius 2 is 1.62 bits per heavy atom. The molecule has 34 heavy (non-hydrogen) atoms. The van der Waals surface area contributed by atoms with E-state index >= 15 is 0 Å². The molecule has 1 aliphatic heterocycles. The van der Waals surface area contributed by atoms with E-state index in [-0.39, 0.29) is 29.3 Å². The summed E-state index contributed by atoms with van der Waals surface area (Å²) in [5.74, 6) is 0. The zero-order valence-corrected chi connectivity index (χ0v) is 24.1. The predicted molar refractivity (Wildman–Crippen MR) is 134 cm³/mol. The predicted octanol–water partition coefficient (Wildman–Crippen LogP) is 4.41. The van der Waals surface area contributed by atoms with Gasteiger partial charge in [0.25, 0.3) is 10.1 Å². The van der Waals surface area contributed by atoms with Gasteiger partial charge in [0.2, 0.25) is 0 Å². The zero-order chi connectivity index (χ0) is 25.9. The van der Waals surface area contributed by atoms with Gasteiger partial charge in [-0.15, -0.1) is 0 Å². The van der Waals surface area contributed by atoms with Crippen LogP contribution in [0.15, 0.2) is 29.2 Å². The second-order valence-corrected chi connectivity index (χ2v) is 18.4. The number of hydrogen-bond donors (Lipinski definition) is 1. The van der Waals surface area contributed by atoms with E-state index in [4.69, 9.17) is 28.1 Å². The van der Waals surface area contributed by atoms with Crippen molar-refractivity contribution in [3.8, 4) is 0 Å². The summed E-state index contributed by atoms with van der Waals surface area (Å²) >= 11 is 0. The lowest BCUT2D eigenvalue weighted by molar-refractivity contribution is -0.107. The maximum Gasteiger partial charge on any atom is 0.333 e. The minimum absolute atomic E-state index is 0.00845. The lowest BCUT2D eigenvalue weighted by Gasteiger charge is -2.39. The van der Waals surface area contributed by atoms with E-state index in [9.17, 15) is 13.0 Å². The first-order valence-corrected chi connectivity index (χ1v) is 17.6. The third-order valence-corrected chi connectivity index (χ3v) is 14.1. The summed E-state index contributed by atoms with van der Waals surface area (Å²) in [5.41, 5.74) is 7.36. The molecule has 0 saturated carbocycles. The molecular formula is C22H40NO8PSSi. The van der Waals surface area contributed by atoms with Crippen LogP contribution in [-0.2, 0) is 37.1 Å². The van der Waals surface area contributed by atoms with Crippen molar-refractivity contribution in [2.24, 2.45) is 5.73 Å². The minimum Gasteiger partial charge on any atom is -0.390 e. The van der Waals surface area contributed by atoms with Gasteiger partial charge in [0, 0.05) is 0 Å². The zero-order valence-electron chi connectivity index (χ0n) is 21.4. The highest BCUT2D eigenvalue weighted by atomic mass is 32.2. The number of ether oxygens (including phenoxy) is 1. The fraction of sp³-hybridized carbons (Fsp3) is 0.727. The Morgan fingerprint density at radius 1 is 1.09 bits per heavy atom. The molecule has 4 atom stereocenters. The Balaban J connectivity index is 2.38. The molecule has 0 radical (unpaired) electrons. The van der Waals surface area contributed by atoms with Gasteiger partial charge in [0.05, 0.1) is 36.4 Å². The first-order chi connectivity index (χ1) is 15.5. The van der Waals surface area contributed by atoms with Crippen LogP contribution in [0.5, 0.6) is 0 Å². The Hall–Kier alpha value is -0.623. The molecule has 196 valence electrons. The van der Waals surface area contributed by atoms with Crippen LogP contribution in [0.2, 0.25) is 18.1 Å². The van der Waals surface area contributed by atoms with Gasteiger partial charge < -0.3 is 23.9 Å². The van der Waals surface area contributed by atoms with E-state index in [1.54, 1.807) is 26.0 Å². The SMILES string of the molecule is CCOP(=O)(C[C@H]1O[C@H](O[Si](C)(C)C(C)(C)C)[C@@H](OS(=O)(=O)c2ccc(C)cc2)[C@@H]1N)OCC. The molecule has 0 unspecified atom stereocenters. The van der Waals surface area contributed by atoms with Gasteiger partial charge in [-0.05, 0) is 51.0 Å². The van der Waals surface area contributed by atoms with Crippen molar-refractivity contribution in [2.45, 2.75) is 89.1 Å². The fourth-order valence-electron chi connectivity index (χ4n) is 3.23. The van der Waals surface area contributed by atoms with Crippen LogP contribution >= 0.6 is 7.60 Å². The second kappa shape index (κ2) is 11.2. The highest BCUT2D eigenvalue weighted by Crippen LogP contribution is 2.51. The maximum atomic E-state index is 13.1. The second-order valence-electron chi connectivity index (χ2n) is 9.96. The number of hydrogen-bond acceptors (Lipinski definition) is 9. The lowest BCUT2D eigenvalue weighted by Crippen LogP contribution is -2.50. The summed E-state index contributed by atoms with van der Waals surface area (Å²) in [7, 11) is -10.1.